The van der Waals surface area contributed by atoms with Gasteiger partial charge in [-0.25, -0.2) is 17.6 Å². The predicted octanol–water partition coefficient (Wildman–Crippen LogP) is 1.36. The van der Waals surface area contributed by atoms with Crippen molar-refractivity contribution in [3.8, 4) is 0 Å². The van der Waals surface area contributed by atoms with Gasteiger partial charge in [-0.05, 0) is 37.1 Å². The number of morpholine rings is 1. The lowest BCUT2D eigenvalue weighted by atomic mass is 10.1. The molecule has 122 valence electrons. The highest BCUT2D eigenvalue weighted by molar-refractivity contribution is 7.89. The molecule has 8 heteroatoms. The lowest BCUT2D eigenvalue weighted by Gasteiger charge is -2.33. The molecule has 1 aromatic rings. The van der Waals surface area contributed by atoms with Crippen LogP contribution in [0.5, 0.6) is 0 Å². The molecule has 1 aromatic carbocycles. The van der Waals surface area contributed by atoms with Crippen molar-refractivity contribution in [1.82, 2.24) is 4.31 Å². The van der Waals surface area contributed by atoms with Gasteiger partial charge in [0.25, 0.3) is 0 Å². The molecule has 0 radical (unpaired) electrons. The SMILES string of the molecule is Cc1cc(C(=O)O)cc(S(=O)(=O)N2CCOCC2CF)c1C. The van der Waals surface area contributed by atoms with Crippen LogP contribution < -0.4 is 0 Å². The summed E-state index contributed by atoms with van der Waals surface area (Å²) in [6, 6.07) is 1.67. The van der Waals surface area contributed by atoms with Gasteiger partial charge in [-0.3, -0.25) is 0 Å². The van der Waals surface area contributed by atoms with Crippen molar-refractivity contribution in [2.24, 2.45) is 0 Å². The van der Waals surface area contributed by atoms with E-state index in [4.69, 9.17) is 9.84 Å². The van der Waals surface area contributed by atoms with Crippen LogP contribution in [0.4, 0.5) is 4.39 Å². The normalized spacial score (nSPS) is 20.0. The Morgan fingerprint density at radius 2 is 2.14 bits per heavy atom. The second-order valence-corrected chi connectivity index (χ2v) is 7.08. The second-order valence-electron chi connectivity index (χ2n) is 5.22. The minimum absolute atomic E-state index is 0.00756. The van der Waals surface area contributed by atoms with Gasteiger partial charge in [0.05, 0.1) is 29.7 Å². The van der Waals surface area contributed by atoms with Crippen LogP contribution in [0.25, 0.3) is 0 Å². The number of alkyl halides is 1. The smallest absolute Gasteiger partial charge is 0.335 e. The molecule has 0 spiro atoms. The van der Waals surface area contributed by atoms with Crippen LogP contribution in [0.15, 0.2) is 17.0 Å². The van der Waals surface area contributed by atoms with E-state index in [0.717, 1.165) is 10.4 Å². The molecule has 1 fully saturated rings. The van der Waals surface area contributed by atoms with Crippen molar-refractivity contribution in [3.05, 3.63) is 28.8 Å². The summed E-state index contributed by atoms with van der Waals surface area (Å²) in [5, 5.41) is 9.11. The summed E-state index contributed by atoms with van der Waals surface area (Å²) in [5.74, 6) is -1.21. The molecule has 1 unspecified atom stereocenters. The molecule has 1 atom stereocenters. The van der Waals surface area contributed by atoms with Gasteiger partial charge in [0.1, 0.15) is 6.67 Å². The second kappa shape index (κ2) is 6.31. The van der Waals surface area contributed by atoms with Crippen molar-refractivity contribution >= 4 is 16.0 Å². The fraction of sp³-hybridized carbons (Fsp3) is 0.500. The maximum Gasteiger partial charge on any atom is 0.335 e. The van der Waals surface area contributed by atoms with E-state index in [2.05, 4.69) is 0 Å². The molecule has 22 heavy (non-hydrogen) atoms. The highest BCUT2D eigenvalue weighted by Crippen LogP contribution is 2.27. The van der Waals surface area contributed by atoms with Gasteiger partial charge in [0.2, 0.25) is 10.0 Å². The van der Waals surface area contributed by atoms with Crippen molar-refractivity contribution in [1.29, 1.82) is 0 Å². The van der Waals surface area contributed by atoms with E-state index in [-0.39, 0.29) is 30.2 Å². The summed E-state index contributed by atoms with van der Waals surface area (Å²) in [5.41, 5.74) is 0.921. The molecular formula is C14H18FNO5S. The molecule has 0 saturated carbocycles. The highest BCUT2D eigenvalue weighted by Gasteiger charge is 2.35. The number of carbonyl (C=O) groups is 1. The van der Waals surface area contributed by atoms with E-state index in [9.17, 15) is 17.6 Å². The average Bonchev–Trinajstić information content (AvgIpc) is 2.49. The molecule has 1 aliphatic rings. The third-order valence-electron chi connectivity index (χ3n) is 3.80. The zero-order valence-corrected chi connectivity index (χ0v) is 13.2. The topological polar surface area (TPSA) is 83.9 Å². The number of ether oxygens (including phenoxy) is 1. The summed E-state index contributed by atoms with van der Waals surface area (Å²) < 4.78 is 44.9. The zero-order chi connectivity index (χ0) is 16.5. The summed E-state index contributed by atoms with van der Waals surface area (Å²) in [6.45, 7) is 2.63. The van der Waals surface area contributed by atoms with Crippen LogP contribution in [0, 0.1) is 13.8 Å². The predicted molar refractivity (Wildman–Crippen MR) is 77.3 cm³/mol. The van der Waals surface area contributed by atoms with Gasteiger partial charge in [0, 0.05) is 6.54 Å². The molecule has 6 nitrogen and oxygen atoms in total. The maximum atomic E-state index is 13.1. The molecular weight excluding hydrogens is 313 g/mol. The van der Waals surface area contributed by atoms with E-state index in [1.54, 1.807) is 13.8 Å². The average molecular weight is 331 g/mol. The van der Waals surface area contributed by atoms with Crippen molar-refractivity contribution in [2.75, 3.05) is 26.4 Å². The van der Waals surface area contributed by atoms with Crippen LogP contribution in [0.2, 0.25) is 0 Å². The van der Waals surface area contributed by atoms with Crippen molar-refractivity contribution < 1.29 is 27.4 Å². The minimum Gasteiger partial charge on any atom is -0.478 e. The van der Waals surface area contributed by atoms with E-state index < -0.39 is 28.7 Å². The summed E-state index contributed by atoms with van der Waals surface area (Å²) in [6.07, 6.45) is 0. The van der Waals surface area contributed by atoms with Gasteiger partial charge in [0.15, 0.2) is 0 Å². The Hall–Kier alpha value is -1.51. The maximum absolute atomic E-state index is 13.1. The third-order valence-corrected chi connectivity index (χ3v) is 5.88. The van der Waals surface area contributed by atoms with E-state index in [1.807, 2.05) is 0 Å². The zero-order valence-electron chi connectivity index (χ0n) is 12.4. The first-order valence-electron chi connectivity index (χ1n) is 6.79. The molecule has 0 aliphatic carbocycles. The fourth-order valence-electron chi connectivity index (χ4n) is 2.42. The lowest BCUT2D eigenvalue weighted by molar-refractivity contribution is 0.0238. The summed E-state index contributed by atoms with van der Waals surface area (Å²) in [4.78, 5) is 11.1. The molecule has 0 amide bonds. The van der Waals surface area contributed by atoms with E-state index >= 15 is 0 Å². The number of rotatable bonds is 4. The van der Waals surface area contributed by atoms with Gasteiger partial charge in [-0.2, -0.15) is 4.31 Å². The number of hydrogen-bond donors (Lipinski definition) is 1. The number of nitrogens with zero attached hydrogens (tertiary/aromatic N) is 1. The first-order valence-corrected chi connectivity index (χ1v) is 8.23. The van der Waals surface area contributed by atoms with Gasteiger partial charge < -0.3 is 9.84 Å². The summed E-state index contributed by atoms with van der Waals surface area (Å²) in [7, 11) is -3.98. The Kier molecular flexibility index (Phi) is 4.84. The number of sulfonamides is 1. The molecule has 0 aromatic heterocycles. The first kappa shape index (κ1) is 16.9. The molecule has 1 heterocycles. The molecule has 0 bridgehead atoms. The van der Waals surface area contributed by atoms with Gasteiger partial charge >= 0.3 is 5.97 Å². The first-order chi connectivity index (χ1) is 10.3. The van der Waals surface area contributed by atoms with Crippen LogP contribution in [-0.4, -0.2) is 56.3 Å². The van der Waals surface area contributed by atoms with Crippen LogP contribution in [0.1, 0.15) is 21.5 Å². The number of hydrogen-bond acceptors (Lipinski definition) is 4. The fourth-order valence-corrected chi connectivity index (χ4v) is 4.32. The number of carboxylic acids is 1. The molecule has 1 saturated heterocycles. The Balaban J connectivity index is 2.55. The number of aromatic carboxylic acids is 1. The number of halogens is 1. The molecule has 1 N–H and O–H groups in total. The van der Waals surface area contributed by atoms with Gasteiger partial charge in [-0.1, -0.05) is 0 Å². The van der Waals surface area contributed by atoms with Crippen LogP contribution in [-0.2, 0) is 14.8 Å². The quantitative estimate of drug-likeness (QED) is 0.900. The van der Waals surface area contributed by atoms with Gasteiger partial charge in [-0.15, -0.1) is 0 Å². The Bertz CT molecular complexity index is 689. The third kappa shape index (κ3) is 2.99. The van der Waals surface area contributed by atoms with Crippen molar-refractivity contribution in [2.45, 2.75) is 24.8 Å². The minimum atomic E-state index is -3.98. The Labute approximate surface area is 128 Å². The molecule has 1 aliphatic heterocycles. The van der Waals surface area contributed by atoms with Crippen LogP contribution in [0.3, 0.4) is 0 Å². The number of benzene rings is 1. The molecule has 2 rings (SSSR count). The monoisotopic (exact) mass is 331 g/mol. The summed E-state index contributed by atoms with van der Waals surface area (Å²) >= 11 is 0. The highest BCUT2D eigenvalue weighted by atomic mass is 32.2. The standard InChI is InChI=1S/C14H18FNO5S/c1-9-5-11(14(17)18)6-13(10(9)2)22(19,20)16-3-4-21-8-12(16)7-15/h5-6,12H,3-4,7-8H2,1-2H3,(H,17,18). The number of carboxylic acid groups (broad SMARTS) is 1. The number of aryl methyl sites for hydroxylation is 1. The van der Waals surface area contributed by atoms with Crippen molar-refractivity contribution in [3.63, 3.8) is 0 Å². The largest absolute Gasteiger partial charge is 0.478 e. The van der Waals surface area contributed by atoms with Crippen LogP contribution >= 0.6 is 0 Å². The van der Waals surface area contributed by atoms with E-state index in [0.29, 0.717) is 11.1 Å². The van der Waals surface area contributed by atoms with E-state index in [1.165, 1.54) is 6.07 Å². The Morgan fingerprint density at radius 1 is 1.45 bits per heavy atom. The Morgan fingerprint density at radius 3 is 2.73 bits per heavy atom. The lowest BCUT2D eigenvalue weighted by Crippen LogP contribution is -2.49.